The molecule has 0 spiro atoms. The van der Waals surface area contributed by atoms with Gasteiger partial charge in [-0.1, -0.05) is 19.0 Å². The highest BCUT2D eigenvalue weighted by Gasteiger charge is 2.50. The zero-order valence-electron chi connectivity index (χ0n) is 9.84. The maximum atomic E-state index is 9.21. The van der Waals surface area contributed by atoms with Crippen LogP contribution in [0.1, 0.15) is 32.1 Å². The number of aromatic nitrogens is 2. The van der Waals surface area contributed by atoms with Gasteiger partial charge in [-0.05, 0) is 36.1 Å². The molecule has 17 heavy (non-hydrogen) atoms. The predicted molar refractivity (Wildman–Crippen MR) is 62.5 cm³/mol. The van der Waals surface area contributed by atoms with Crippen LogP contribution in [0.15, 0.2) is 28.8 Å². The normalized spacial score (nSPS) is 21.4. The highest BCUT2D eigenvalue weighted by molar-refractivity contribution is 5.55. The van der Waals surface area contributed by atoms with E-state index in [4.69, 9.17) is 4.52 Å². The summed E-state index contributed by atoms with van der Waals surface area (Å²) in [5.74, 6) is 1.93. The minimum Gasteiger partial charge on any atom is -0.508 e. The third-order valence-corrected chi connectivity index (χ3v) is 3.38. The maximum Gasteiger partial charge on any atom is 0.230 e. The highest BCUT2D eigenvalue weighted by Crippen LogP contribution is 2.58. The molecule has 1 aliphatic rings. The third kappa shape index (κ3) is 1.79. The molecule has 1 saturated carbocycles. The van der Waals surface area contributed by atoms with Crippen molar-refractivity contribution in [2.45, 2.75) is 26.2 Å². The number of nitrogens with zero attached hydrogens (tertiary/aromatic N) is 2. The fourth-order valence-corrected chi connectivity index (χ4v) is 1.99. The Bertz CT molecular complexity index is 543. The number of rotatable bonds is 2. The summed E-state index contributed by atoms with van der Waals surface area (Å²) in [7, 11) is 0. The molecule has 1 N–H and O–H groups in total. The lowest BCUT2D eigenvalue weighted by Gasteiger charge is -1.96. The molecule has 2 aromatic rings. The van der Waals surface area contributed by atoms with Gasteiger partial charge in [-0.3, -0.25) is 0 Å². The molecule has 88 valence electrons. The quantitative estimate of drug-likeness (QED) is 0.861. The molecule has 1 heterocycles. The van der Waals surface area contributed by atoms with Crippen molar-refractivity contribution in [3.63, 3.8) is 0 Å². The number of hydrogen-bond acceptors (Lipinski definition) is 4. The minimum atomic E-state index is 0.237. The van der Waals surface area contributed by atoms with Crippen molar-refractivity contribution >= 4 is 0 Å². The van der Waals surface area contributed by atoms with Crippen LogP contribution in [0.2, 0.25) is 0 Å². The molecule has 0 bridgehead atoms. The van der Waals surface area contributed by atoms with E-state index in [-0.39, 0.29) is 5.75 Å². The molecule has 1 unspecified atom stereocenters. The summed E-state index contributed by atoms with van der Waals surface area (Å²) in [6.07, 6.45) is 1.10. The van der Waals surface area contributed by atoms with Gasteiger partial charge >= 0.3 is 0 Å². The number of phenolic OH excluding ortho intramolecular Hbond substituents is 1. The molecule has 4 nitrogen and oxygen atoms in total. The van der Waals surface area contributed by atoms with Crippen LogP contribution in [-0.4, -0.2) is 15.2 Å². The fourth-order valence-electron chi connectivity index (χ4n) is 1.99. The first kappa shape index (κ1) is 10.3. The Labute approximate surface area is 99.3 Å². The van der Waals surface area contributed by atoms with Gasteiger partial charge in [0.1, 0.15) is 5.75 Å². The highest BCUT2D eigenvalue weighted by atomic mass is 16.5. The molecule has 0 radical (unpaired) electrons. The van der Waals surface area contributed by atoms with Crippen LogP contribution in [0.3, 0.4) is 0 Å². The molecule has 0 amide bonds. The molecule has 3 rings (SSSR count). The summed E-state index contributed by atoms with van der Waals surface area (Å²) in [6.45, 7) is 4.39. The van der Waals surface area contributed by atoms with Crippen LogP contribution < -0.4 is 0 Å². The van der Waals surface area contributed by atoms with E-state index >= 15 is 0 Å². The van der Waals surface area contributed by atoms with E-state index in [2.05, 4.69) is 24.0 Å². The second kappa shape index (κ2) is 3.32. The summed E-state index contributed by atoms with van der Waals surface area (Å²) in [5, 5.41) is 13.2. The molecule has 1 atom stereocenters. The Morgan fingerprint density at radius 3 is 2.53 bits per heavy atom. The zero-order chi connectivity index (χ0) is 12.0. The second-order valence-corrected chi connectivity index (χ2v) is 5.25. The first-order valence-electron chi connectivity index (χ1n) is 5.69. The maximum absolute atomic E-state index is 9.21. The predicted octanol–water partition coefficient (Wildman–Crippen LogP) is 2.96. The Balaban J connectivity index is 1.88. The van der Waals surface area contributed by atoms with Crippen LogP contribution in [0.25, 0.3) is 11.4 Å². The van der Waals surface area contributed by atoms with Crippen LogP contribution in [0.5, 0.6) is 5.75 Å². The van der Waals surface area contributed by atoms with Gasteiger partial charge in [-0.2, -0.15) is 4.98 Å². The molecular formula is C13H14N2O2. The van der Waals surface area contributed by atoms with Gasteiger partial charge in [0.25, 0.3) is 0 Å². The topological polar surface area (TPSA) is 59.2 Å². The second-order valence-electron chi connectivity index (χ2n) is 5.25. The SMILES string of the molecule is CC1(C)CC1c1nc(-c2ccc(O)cc2)no1. The number of aromatic hydroxyl groups is 1. The van der Waals surface area contributed by atoms with Crippen LogP contribution in [0.4, 0.5) is 0 Å². The first-order valence-corrected chi connectivity index (χ1v) is 5.69. The molecule has 1 aliphatic carbocycles. The monoisotopic (exact) mass is 230 g/mol. The summed E-state index contributed by atoms with van der Waals surface area (Å²) in [5.41, 5.74) is 1.15. The van der Waals surface area contributed by atoms with E-state index in [9.17, 15) is 5.11 Å². The smallest absolute Gasteiger partial charge is 0.230 e. The summed E-state index contributed by atoms with van der Waals surface area (Å²) >= 11 is 0. The zero-order valence-corrected chi connectivity index (χ0v) is 9.84. The van der Waals surface area contributed by atoms with Crippen molar-refractivity contribution in [3.8, 4) is 17.1 Å². The number of benzene rings is 1. The molecular weight excluding hydrogens is 216 g/mol. The van der Waals surface area contributed by atoms with E-state index in [0.717, 1.165) is 17.9 Å². The molecule has 1 aromatic heterocycles. The minimum absolute atomic E-state index is 0.237. The summed E-state index contributed by atoms with van der Waals surface area (Å²) in [6, 6.07) is 6.79. The van der Waals surface area contributed by atoms with Crippen molar-refractivity contribution in [1.29, 1.82) is 0 Å². The Kier molecular flexibility index (Phi) is 2.02. The van der Waals surface area contributed by atoms with E-state index in [1.807, 2.05) is 0 Å². The van der Waals surface area contributed by atoms with Crippen LogP contribution in [-0.2, 0) is 0 Å². The first-order chi connectivity index (χ1) is 8.06. The largest absolute Gasteiger partial charge is 0.508 e. The van der Waals surface area contributed by atoms with Gasteiger partial charge in [-0.15, -0.1) is 0 Å². The van der Waals surface area contributed by atoms with E-state index in [1.165, 1.54) is 0 Å². The summed E-state index contributed by atoms with van der Waals surface area (Å²) < 4.78 is 5.29. The standard InChI is InChI=1S/C13H14N2O2/c1-13(2)7-10(13)12-14-11(15-17-12)8-3-5-9(16)6-4-8/h3-6,10,16H,7H2,1-2H3. The van der Waals surface area contributed by atoms with Crippen molar-refractivity contribution in [1.82, 2.24) is 10.1 Å². The molecule has 0 aliphatic heterocycles. The van der Waals surface area contributed by atoms with Crippen molar-refractivity contribution in [2.75, 3.05) is 0 Å². The molecule has 4 heteroatoms. The van der Waals surface area contributed by atoms with E-state index in [1.54, 1.807) is 24.3 Å². The van der Waals surface area contributed by atoms with Crippen molar-refractivity contribution < 1.29 is 9.63 Å². The van der Waals surface area contributed by atoms with E-state index < -0.39 is 0 Å². The van der Waals surface area contributed by atoms with Gasteiger partial charge in [0.05, 0.1) is 0 Å². The average molecular weight is 230 g/mol. The Hall–Kier alpha value is -1.84. The molecule has 1 fully saturated rings. The van der Waals surface area contributed by atoms with Crippen molar-refractivity contribution in [2.24, 2.45) is 5.41 Å². The lowest BCUT2D eigenvalue weighted by Crippen LogP contribution is -1.89. The van der Waals surface area contributed by atoms with Crippen molar-refractivity contribution in [3.05, 3.63) is 30.2 Å². The van der Waals surface area contributed by atoms with Gasteiger partial charge in [-0.25, -0.2) is 0 Å². The lowest BCUT2D eigenvalue weighted by atomic mass is 10.1. The number of phenols is 1. The van der Waals surface area contributed by atoms with Gasteiger partial charge in [0.15, 0.2) is 0 Å². The molecule has 1 aromatic carbocycles. The third-order valence-electron chi connectivity index (χ3n) is 3.38. The lowest BCUT2D eigenvalue weighted by molar-refractivity contribution is 0.368. The Morgan fingerprint density at radius 1 is 1.29 bits per heavy atom. The average Bonchev–Trinajstić information content (AvgIpc) is 2.76. The number of hydrogen-bond donors (Lipinski definition) is 1. The van der Waals surface area contributed by atoms with Gasteiger partial charge in [0.2, 0.25) is 11.7 Å². The Morgan fingerprint density at radius 2 is 1.94 bits per heavy atom. The van der Waals surface area contributed by atoms with E-state index in [0.29, 0.717) is 17.2 Å². The van der Waals surface area contributed by atoms with Gasteiger partial charge in [0, 0.05) is 11.5 Å². The summed E-state index contributed by atoms with van der Waals surface area (Å²) in [4.78, 5) is 4.41. The van der Waals surface area contributed by atoms with Crippen LogP contribution in [0, 0.1) is 5.41 Å². The van der Waals surface area contributed by atoms with Gasteiger partial charge < -0.3 is 9.63 Å². The molecule has 0 saturated heterocycles. The van der Waals surface area contributed by atoms with Crippen LogP contribution >= 0.6 is 0 Å². The fraction of sp³-hybridized carbons (Fsp3) is 0.385.